The first-order valence-electron chi connectivity index (χ1n) is 4.85. The van der Waals surface area contributed by atoms with Crippen molar-refractivity contribution in [1.29, 1.82) is 0 Å². The number of fused-ring (bicyclic) bond motifs is 1. The summed E-state index contributed by atoms with van der Waals surface area (Å²) in [5.41, 5.74) is 0. The van der Waals surface area contributed by atoms with Crippen molar-refractivity contribution in [1.82, 2.24) is 19.7 Å². The molecule has 0 saturated heterocycles. The van der Waals surface area contributed by atoms with E-state index in [4.69, 9.17) is 0 Å². The van der Waals surface area contributed by atoms with Gasteiger partial charge in [0.15, 0.2) is 0 Å². The van der Waals surface area contributed by atoms with E-state index in [1.54, 1.807) is 11.9 Å². The SMILES string of the molecule is CC.Cc1nnc2n1CCN(C)C2=O. The van der Waals surface area contributed by atoms with Crippen LogP contribution in [0.3, 0.4) is 0 Å². The van der Waals surface area contributed by atoms with Gasteiger partial charge in [0.2, 0.25) is 5.82 Å². The van der Waals surface area contributed by atoms with E-state index < -0.39 is 0 Å². The molecule has 14 heavy (non-hydrogen) atoms. The fourth-order valence-electron chi connectivity index (χ4n) is 1.33. The zero-order valence-electron chi connectivity index (χ0n) is 9.11. The second-order valence-electron chi connectivity index (χ2n) is 2.95. The number of likely N-dealkylation sites (N-methyl/N-ethyl adjacent to an activating group) is 1. The zero-order chi connectivity index (χ0) is 10.7. The van der Waals surface area contributed by atoms with Gasteiger partial charge >= 0.3 is 0 Å². The van der Waals surface area contributed by atoms with Gasteiger partial charge in [-0.15, -0.1) is 10.2 Å². The number of aromatic nitrogens is 3. The summed E-state index contributed by atoms with van der Waals surface area (Å²) in [5.74, 6) is 1.23. The maximum atomic E-state index is 11.4. The third-order valence-corrected chi connectivity index (χ3v) is 2.13. The van der Waals surface area contributed by atoms with E-state index in [0.29, 0.717) is 5.82 Å². The van der Waals surface area contributed by atoms with Crippen molar-refractivity contribution in [3.05, 3.63) is 11.6 Å². The van der Waals surface area contributed by atoms with Crippen molar-refractivity contribution in [3.8, 4) is 0 Å². The van der Waals surface area contributed by atoms with Crippen LogP contribution in [0.2, 0.25) is 0 Å². The van der Waals surface area contributed by atoms with Crippen LogP contribution in [0.5, 0.6) is 0 Å². The molecule has 5 nitrogen and oxygen atoms in total. The molecule has 2 rings (SSSR count). The Balaban J connectivity index is 0.000000461. The van der Waals surface area contributed by atoms with Crippen LogP contribution < -0.4 is 0 Å². The monoisotopic (exact) mass is 196 g/mol. The van der Waals surface area contributed by atoms with Gasteiger partial charge in [-0.25, -0.2) is 0 Å². The van der Waals surface area contributed by atoms with Crippen LogP contribution in [-0.4, -0.2) is 39.2 Å². The highest BCUT2D eigenvalue weighted by molar-refractivity contribution is 5.91. The molecule has 0 saturated carbocycles. The molecule has 0 spiro atoms. The van der Waals surface area contributed by atoms with Crippen molar-refractivity contribution in [3.63, 3.8) is 0 Å². The maximum absolute atomic E-state index is 11.4. The number of rotatable bonds is 0. The molecule has 1 aromatic heterocycles. The summed E-state index contributed by atoms with van der Waals surface area (Å²) in [6.07, 6.45) is 0. The summed E-state index contributed by atoms with van der Waals surface area (Å²) in [5, 5.41) is 7.66. The molecule has 0 aromatic carbocycles. The van der Waals surface area contributed by atoms with E-state index >= 15 is 0 Å². The molecule has 2 heterocycles. The lowest BCUT2D eigenvalue weighted by Gasteiger charge is -2.22. The molecule has 1 aliphatic rings. The fraction of sp³-hybridized carbons (Fsp3) is 0.667. The molecule has 0 aliphatic carbocycles. The Morgan fingerprint density at radius 3 is 2.50 bits per heavy atom. The minimum absolute atomic E-state index is 0.0400. The lowest BCUT2D eigenvalue weighted by atomic mass is 10.3. The number of carbonyl (C=O) groups excluding carboxylic acids is 1. The predicted octanol–water partition coefficient (Wildman–Crippen LogP) is 0.698. The highest BCUT2D eigenvalue weighted by atomic mass is 16.2. The van der Waals surface area contributed by atoms with Gasteiger partial charge in [0, 0.05) is 20.1 Å². The molecule has 5 heteroatoms. The Bertz CT molecular complexity index is 332. The van der Waals surface area contributed by atoms with E-state index in [1.165, 1.54) is 0 Å². The van der Waals surface area contributed by atoms with Crippen LogP contribution in [-0.2, 0) is 6.54 Å². The van der Waals surface area contributed by atoms with Crippen LogP contribution in [0, 0.1) is 6.92 Å². The van der Waals surface area contributed by atoms with Gasteiger partial charge in [-0.3, -0.25) is 4.79 Å². The van der Waals surface area contributed by atoms with E-state index in [-0.39, 0.29) is 5.91 Å². The molecule has 0 bridgehead atoms. The molecule has 0 radical (unpaired) electrons. The first-order chi connectivity index (χ1) is 6.70. The summed E-state index contributed by atoms with van der Waals surface area (Å²) < 4.78 is 1.85. The Labute approximate surface area is 83.7 Å². The van der Waals surface area contributed by atoms with Crippen molar-refractivity contribution in [2.24, 2.45) is 0 Å². The van der Waals surface area contributed by atoms with Crippen molar-refractivity contribution < 1.29 is 4.79 Å². The first-order valence-corrected chi connectivity index (χ1v) is 4.85. The summed E-state index contributed by atoms with van der Waals surface area (Å²) >= 11 is 0. The van der Waals surface area contributed by atoms with Gasteiger partial charge in [0.25, 0.3) is 5.91 Å². The highest BCUT2D eigenvalue weighted by Gasteiger charge is 2.24. The van der Waals surface area contributed by atoms with Crippen LogP contribution in [0.4, 0.5) is 0 Å². The van der Waals surface area contributed by atoms with Crippen molar-refractivity contribution >= 4 is 5.91 Å². The quantitative estimate of drug-likeness (QED) is 0.613. The minimum Gasteiger partial charge on any atom is -0.337 e. The van der Waals surface area contributed by atoms with Gasteiger partial charge in [0.05, 0.1) is 0 Å². The number of hydrogen-bond acceptors (Lipinski definition) is 3. The summed E-state index contributed by atoms with van der Waals surface area (Å²) in [6, 6.07) is 0. The van der Waals surface area contributed by atoms with Gasteiger partial charge in [-0.1, -0.05) is 13.8 Å². The van der Waals surface area contributed by atoms with Gasteiger partial charge in [-0.2, -0.15) is 0 Å². The lowest BCUT2D eigenvalue weighted by Crippen LogP contribution is -2.37. The van der Waals surface area contributed by atoms with E-state index in [9.17, 15) is 4.79 Å². The average molecular weight is 196 g/mol. The smallest absolute Gasteiger partial charge is 0.291 e. The zero-order valence-corrected chi connectivity index (χ0v) is 9.11. The van der Waals surface area contributed by atoms with Crippen LogP contribution in [0.1, 0.15) is 30.3 Å². The number of carbonyl (C=O) groups is 1. The number of nitrogens with zero attached hydrogens (tertiary/aromatic N) is 4. The third-order valence-electron chi connectivity index (χ3n) is 2.13. The minimum atomic E-state index is -0.0400. The topological polar surface area (TPSA) is 51.0 Å². The van der Waals surface area contributed by atoms with Gasteiger partial charge in [-0.05, 0) is 6.92 Å². The number of hydrogen-bond donors (Lipinski definition) is 0. The Morgan fingerprint density at radius 1 is 1.21 bits per heavy atom. The lowest BCUT2D eigenvalue weighted by molar-refractivity contribution is 0.0740. The summed E-state index contributed by atoms with van der Waals surface area (Å²) in [6.45, 7) is 7.40. The van der Waals surface area contributed by atoms with E-state index in [0.717, 1.165) is 18.9 Å². The Hall–Kier alpha value is -1.39. The molecular weight excluding hydrogens is 180 g/mol. The number of aryl methyl sites for hydroxylation is 1. The van der Waals surface area contributed by atoms with Crippen LogP contribution >= 0.6 is 0 Å². The van der Waals surface area contributed by atoms with Gasteiger partial charge < -0.3 is 9.47 Å². The van der Waals surface area contributed by atoms with E-state index in [1.807, 2.05) is 25.3 Å². The molecule has 0 unspecified atom stereocenters. The van der Waals surface area contributed by atoms with Crippen molar-refractivity contribution in [2.45, 2.75) is 27.3 Å². The standard InChI is InChI=1S/C7H10N4O.C2H6/c1-5-8-9-6-7(12)10(2)3-4-11(5)6;1-2/h3-4H2,1-2H3;1-2H3. The van der Waals surface area contributed by atoms with Crippen molar-refractivity contribution in [2.75, 3.05) is 13.6 Å². The molecule has 78 valence electrons. The molecule has 1 aliphatic heterocycles. The Kier molecular flexibility index (Phi) is 3.22. The molecule has 0 atom stereocenters. The Morgan fingerprint density at radius 2 is 1.86 bits per heavy atom. The van der Waals surface area contributed by atoms with Gasteiger partial charge in [0.1, 0.15) is 5.82 Å². The summed E-state index contributed by atoms with van der Waals surface area (Å²) in [7, 11) is 1.77. The molecule has 1 amide bonds. The fourth-order valence-corrected chi connectivity index (χ4v) is 1.33. The van der Waals surface area contributed by atoms with Crippen LogP contribution in [0.25, 0.3) is 0 Å². The predicted molar refractivity (Wildman–Crippen MR) is 53.1 cm³/mol. The highest BCUT2D eigenvalue weighted by Crippen LogP contribution is 2.09. The molecule has 0 fully saturated rings. The maximum Gasteiger partial charge on any atom is 0.291 e. The number of amides is 1. The average Bonchev–Trinajstić information content (AvgIpc) is 2.58. The largest absolute Gasteiger partial charge is 0.337 e. The summed E-state index contributed by atoms with van der Waals surface area (Å²) in [4.78, 5) is 13.1. The van der Waals surface area contributed by atoms with Crippen LogP contribution in [0.15, 0.2) is 0 Å². The normalized spacial score (nSPS) is 14.6. The van der Waals surface area contributed by atoms with E-state index in [2.05, 4.69) is 10.2 Å². The second-order valence-corrected chi connectivity index (χ2v) is 2.95. The molecule has 0 N–H and O–H groups in total. The third kappa shape index (κ3) is 1.62. The molecular formula is C9H16N4O. The second kappa shape index (κ2) is 4.21. The molecule has 1 aromatic rings. The first kappa shape index (κ1) is 10.7.